The average Bonchev–Trinajstić information content (AvgIpc) is 0.753. The molecule has 11 rings (SSSR count). The number of carbonyl (C=O) groups excluding carboxylic acids is 4. The van der Waals surface area contributed by atoms with Crippen LogP contribution in [0.25, 0.3) is 0 Å². The van der Waals surface area contributed by atoms with Crippen LogP contribution in [-0.2, 0) is 119 Å². The molecule has 1 unspecified atom stereocenters. The van der Waals surface area contributed by atoms with Gasteiger partial charge >= 0.3 is 0 Å². The number of hydrogen-bond donors (Lipinski definition) is 32. The fourth-order valence-corrected chi connectivity index (χ4v) is 17.0. The SMILES string of the molecule is CC(=O)N[C@H]1[C@H](O[C@H]2[C@H](O[C@@H]3O[C@@H](C)[C@@H](O)[C@@H](O)[C@@H]3O)[C@@H](NC(C)=O)C(O)O[C@@H]2CO)O[C@H](CO)[C@@H](O[C@@H]2O[C@H](CO[C@H]3O[C@H](CO)[C@@H](O)[C@H](O)[C@@H]3O[C@@H]3O[C@H](CO)[C@@H](O)[C@H](O)[C@H]3NC(C)=O)[C@@H](O)[C@H](O[C@H]3O[C@H](CO)[C@@H](O)[C@H](O)[C@@H]3O[C@@H]3O[C@H](CO)[C@@H](O[C@@H]4O[C@@H](C)[C@@H](O)[C@@H](O)[C@@H]4O)[C@H](O[C@@H]4O[C@H](CO)[C@H](O)[C@H](O)[C@H]4O)[C@H]3NC(C)=O)[C@@H]2O[C@@H]2OC[C@@H](O)[C@H](O)[C@H]2O)[C@@H]1O. The van der Waals surface area contributed by atoms with Gasteiger partial charge in [-0.15, -0.1) is 0 Å². The van der Waals surface area contributed by atoms with Crippen LogP contribution in [0.5, 0.6) is 0 Å². The normalized spacial score (nSPS) is 50.4. The van der Waals surface area contributed by atoms with Crippen molar-refractivity contribution < 1.29 is 262 Å². The van der Waals surface area contributed by atoms with E-state index in [0.29, 0.717) is 0 Å². The highest BCUT2D eigenvalue weighted by Crippen LogP contribution is 2.43. The third-order valence-corrected chi connectivity index (χ3v) is 24.1. The number of aliphatic hydroxyl groups excluding tert-OH is 28. The first kappa shape index (κ1) is 106. The third-order valence-electron chi connectivity index (χ3n) is 24.1. The van der Waals surface area contributed by atoms with Gasteiger partial charge in [-0.3, -0.25) is 19.2 Å². The van der Waals surface area contributed by atoms with Crippen LogP contribution in [0.15, 0.2) is 0 Å². The van der Waals surface area contributed by atoms with E-state index in [2.05, 4.69) is 21.3 Å². The summed E-state index contributed by atoms with van der Waals surface area (Å²) in [6.07, 6.45) is -108. The van der Waals surface area contributed by atoms with Crippen LogP contribution in [0.1, 0.15) is 41.5 Å². The lowest BCUT2D eigenvalue weighted by Gasteiger charge is -2.53. The fourth-order valence-electron chi connectivity index (χ4n) is 17.0. The second-order valence-electron chi connectivity index (χ2n) is 33.3. The van der Waals surface area contributed by atoms with Crippen molar-refractivity contribution in [3.05, 3.63) is 0 Å². The largest absolute Gasteiger partial charge is 0.394 e. The minimum atomic E-state index is -2.65. The Morgan fingerprint density at radius 1 is 0.246 bits per heavy atom. The van der Waals surface area contributed by atoms with Gasteiger partial charge in [0.05, 0.1) is 71.7 Å². The Morgan fingerprint density at radius 3 is 1.04 bits per heavy atom. The molecule has 0 aliphatic carbocycles. The maximum Gasteiger partial charge on any atom is 0.217 e. The smallest absolute Gasteiger partial charge is 0.217 e. The molecule has 11 saturated heterocycles. The molecule has 57 nitrogen and oxygen atoms in total. The van der Waals surface area contributed by atoms with Crippen LogP contribution in [0, 0.1) is 0 Å². The average molecular weight is 1900 g/mol. The number of carbonyl (C=O) groups is 4. The zero-order chi connectivity index (χ0) is 95.5. The number of amides is 4. The molecule has 0 aromatic rings. The van der Waals surface area contributed by atoms with E-state index in [0.717, 1.165) is 27.7 Å². The molecule has 54 atom stereocenters. The number of aliphatic hydroxyl groups is 28. The van der Waals surface area contributed by atoms with Gasteiger partial charge in [0.15, 0.2) is 69.2 Å². The summed E-state index contributed by atoms with van der Waals surface area (Å²) in [4.78, 5) is 52.8. The number of nitrogens with one attached hydrogen (secondary N) is 4. The van der Waals surface area contributed by atoms with Gasteiger partial charge in [-0.1, -0.05) is 0 Å². The van der Waals surface area contributed by atoms with Crippen LogP contribution in [0.4, 0.5) is 0 Å². The molecule has 11 heterocycles. The van der Waals surface area contributed by atoms with E-state index in [1.807, 2.05) is 0 Å². The standard InChI is InChI=1S/C73H122N4O53/c1-16-35(90)45(100)51(106)68(112-16)124-56-29(13-84)120-66(34(77-21(6)88)58(56)126-70-53(108)47(102)39(94)24(8-79)116-70)129-61-49(104)41(96)26(10-81)118-72(61)127-59-42(97)30(15-111-71-60(48(103)40(95)25(9-80)117-71)128-64-31(74-18(3)85)43(98)38(93)23(7-78)115-64)121-73(62(59)130-67-50(105)37(92)22(89)14-110-67)122-54-27(11-82)119-65(32(44(54)99)75-19(4)86)123-55-28(12-83)114-63(109)33(76-20(5)87)57(55)125-69-52(107)46(101)36(91)17(2)113-69/h16-17,22-73,78-84,89-109H,7-15H2,1-6H3,(H,74,85)(H,75,86)(H,76,87)(H,77,88)/t16-,17-,22+,23+,24+,25+,26+,27+,28+,29+,30+,31+,32+,33+,34+,35+,36+,37-,38+,39-,40+,41+,42+,43+,44+,45+,46+,47-,48-,49-,50+,51-,52-,53+,54+,55+,56+,57+,58+,59-,60-,61-,62-,63?,64-,65-,66-,67-,68-,69-,70-,71-,72+,73-/m0/s1. The fraction of sp³-hybridized carbons (Fsp3) is 0.945. The van der Waals surface area contributed by atoms with Crippen molar-refractivity contribution in [2.75, 3.05) is 59.5 Å². The molecule has 752 valence electrons. The molecule has 32 N–H and O–H groups in total. The summed E-state index contributed by atoms with van der Waals surface area (Å²) in [5.41, 5.74) is 0. The zero-order valence-electron chi connectivity index (χ0n) is 70.3. The molecule has 0 aromatic carbocycles. The van der Waals surface area contributed by atoms with Gasteiger partial charge in [0.1, 0.15) is 250 Å². The minimum absolute atomic E-state index is 0.880. The van der Waals surface area contributed by atoms with Gasteiger partial charge < -0.3 is 264 Å². The van der Waals surface area contributed by atoms with Crippen molar-refractivity contribution in [2.45, 2.75) is 373 Å². The molecule has 57 heteroatoms. The van der Waals surface area contributed by atoms with Crippen molar-refractivity contribution in [2.24, 2.45) is 0 Å². The Kier molecular flexibility index (Phi) is 37.7. The third kappa shape index (κ3) is 23.2. The van der Waals surface area contributed by atoms with Gasteiger partial charge in [0.2, 0.25) is 23.6 Å². The van der Waals surface area contributed by atoms with Crippen LogP contribution in [0.2, 0.25) is 0 Å². The molecular weight excluding hydrogens is 1780 g/mol. The molecule has 4 amide bonds. The molecule has 0 bridgehead atoms. The Morgan fingerprint density at radius 2 is 0.554 bits per heavy atom. The first-order chi connectivity index (χ1) is 61.5. The quantitative estimate of drug-likeness (QED) is 0.0297. The monoisotopic (exact) mass is 1900 g/mol. The van der Waals surface area contributed by atoms with Gasteiger partial charge in [0.25, 0.3) is 0 Å². The molecule has 0 saturated carbocycles. The summed E-state index contributed by atoms with van der Waals surface area (Å²) < 4.78 is 129. The van der Waals surface area contributed by atoms with Crippen molar-refractivity contribution >= 4 is 23.6 Å². The first-order valence-corrected chi connectivity index (χ1v) is 41.8. The lowest BCUT2D eigenvalue weighted by atomic mass is 9.93. The van der Waals surface area contributed by atoms with Crippen LogP contribution in [0.3, 0.4) is 0 Å². The highest BCUT2D eigenvalue weighted by molar-refractivity contribution is 5.74. The highest BCUT2D eigenvalue weighted by atomic mass is 16.8. The number of ether oxygens (including phenoxy) is 21. The summed E-state index contributed by atoms with van der Waals surface area (Å²) in [7, 11) is 0. The topological polar surface area (TPSA) is 877 Å². The minimum Gasteiger partial charge on any atom is -0.394 e. The zero-order valence-corrected chi connectivity index (χ0v) is 70.3. The summed E-state index contributed by atoms with van der Waals surface area (Å²) in [5, 5.41) is 326. The second kappa shape index (κ2) is 46.1. The summed E-state index contributed by atoms with van der Waals surface area (Å²) in [6.45, 7) is -4.38. The predicted molar refractivity (Wildman–Crippen MR) is 400 cm³/mol. The first-order valence-electron chi connectivity index (χ1n) is 41.8. The van der Waals surface area contributed by atoms with Gasteiger partial charge in [-0.05, 0) is 13.8 Å². The number of rotatable bonds is 32. The van der Waals surface area contributed by atoms with E-state index in [-0.39, 0.29) is 0 Å². The molecule has 11 aliphatic rings. The maximum atomic E-state index is 13.7. The Labute approximate surface area is 736 Å². The molecule has 11 fully saturated rings. The summed E-state index contributed by atoms with van der Waals surface area (Å²) in [6, 6.07) is -7.91. The molecular formula is C73H122N4O53. The molecule has 0 spiro atoms. The number of hydrogen-bond acceptors (Lipinski definition) is 53. The Balaban J connectivity index is 1.02. The van der Waals surface area contributed by atoms with Gasteiger partial charge in [0, 0.05) is 27.7 Å². The van der Waals surface area contributed by atoms with E-state index < -0.39 is 415 Å². The maximum absolute atomic E-state index is 13.7. The lowest BCUT2D eigenvalue weighted by Crippen LogP contribution is -2.72. The van der Waals surface area contributed by atoms with E-state index in [1.165, 1.54) is 13.8 Å². The van der Waals surface area contributed by atoms with Crippen LogP contribution < -0.4 is 21.3 Å². The van der Waals surface area contributed by atoms with Crippen molar-refractivity contribution in [3.8, 4) is 0 Å². The van der Waals surface area contributed by atoms with E-state index in [9.17, 15) is 162 Å². The van der Waals surface area contributed by atoms with Crippen molar-refractivity contribution in [3.63, 3.8) is 0 Å². The molecule has 11 aliphatic heterocycles. The van der Waals surface area contributed by atoms with Crippen LogP contribution in [-0.4, -0.2) is 557 Å². The van der Waals surface area contributed by atoms with Gasteiger partial charge in [-0.2, -0.15) is 0 Å². The molecule has 0 radical (unpaired) electrons. The predicted octanol–water partition coefficient (Wildman–Crippen LogP) is -21.7. The summed E-state index contributed by atoms with van der Waals surface area (Å²) in [5.74, 6) is -3.90. The second-order valence-corrected chi connectivity index (χ2v) is 33.3. The molecule has 0 aromatic heterocycles. The highest BCUT2D eigenvalue weighted by Gasteiger charge is 2.64. The lowest BCUT2D eigenvalue weighted by molar-refractivity contribution is -0.414. The Bertz CT molecular complexity index is 3560. The van der Waals surface area contributed by atoms with Crippen molar-refractivity contribution in [1.29, 1.82) is 0 Å². The van der Waals surface area contributed by atoms with E-state index in [1.54, 1.807) is 0 Å². The van der Waals surface area contributed by atoms with Crippen molar-refractivity contribution in [1.82, 2.24) is 21.3 Å². The molecule has 130 heavy (non-hydrogen) atoms. The van der Waals surface area contributed by atoms with E-state index >= 15 is 0 Å². The Hall–Kier alpha value is -4.08. The van der Waals surface area contributed by atoms with Gasteiger partial charge in [-0.25, -0.2) is 0 Å². The van der Waals surface area contributed by atoms with Crippen LogP contribution >= 0.6 is 0 Å². The summed E-state index contributed by atoms with van der Waals surface area (Å²) >= 11 is 0. The van der Waals surface area contributed by atoms with E-state index in [4.69, 9.17) is 99.5 Å².